The van der Waals surface area contributed by atoms with E-state index < -0.39 is 5.82 Å². The van der Waals surface area contributed by atoms with E-state index in [4.69, 9.17) is 11.6 Å². The molecule has 0 bridgehead atoms. The Morgan fingerprint density at radius 2 is 2.09 bits per heavy atom. The minimum atomic E-state index is -0.574. The second kappa shape index (κ2) is 9.61. The Kier molecular flexibility index (Phi) is 6.81. The highest BCUT2D eigenvalue weighted by atomic mass is 79.9. The summed E-state index contributed by atoms with van der Waals surface area (Å²) in [7, 11) is 0. The quantitative estimate of drug-likeness (QED) is 0.348. The summed E-state index contributed by atoms with van der Waals surface area (Å²) in [5, 5.41) is 3.35. The van der Waals surface area contributed by atoms with Gasteiger partial charge in [0.15, 0.2) is 5.78 Å². The number of rotatable bonds is 8. The van der Waals surface area contributed by atoms with Crippen LogP contribution in [0.3, 0.4) is 0 Å². The van der Waals surface area contributed by atoms with Gasteiger partial charge >= 0.3 is 0 Å². The standard InChI is InChI=1S/C23H21BrClFN4O3/c1-13(31)17-10-29(19-9-27-20(24)7-16(17)19)12-22(33)30(15-5-6-15)11-21(32)28-8-14-3-2-4-18(25)23(14)26/h2-4,7,9-10,15H,5-6,8,11-12H2,1H3,(H,28,32). The first-order chi connectivity index (χ1) is 15.7. The monoisotopic (exact) mass is 534 g/mol. The minimum absolute atomic E-state index is 0.00692. The Bertz CT molecular complexity index is 1260. The molecule has 0 atom stereocenters. The molecule has 1 aromatic carbocycles. The zero-order valence-corrected chi connectivity index (χ0v) is 20.1. The number of hydrogen-bond donors (Lipinski definition) is 1. The lowest BCUT2D eigenvalue weighted by Crippen LogP contribution is -2.43. The number of nitrogens with zero attached hydrogens (tertiary/aromatic N) is 3. The number of carbonyl (C=O) groups excluding carboxylic acids is 3. The van der Waals surface area contributed by atoms with Crippen LogP contribution in [0, 0.1) is 5.82 Å². The molecule has 0 radical (unpaired) electrons. The maximum Gasteiger partial charge on any atom is 0.243 e. The van der Waals surface area contributed by atoms with Crippen molar-refractivity contribution in [2.24, 2.45) is 0 Å². The molecule has 1 N–H and O–H groups in total. The fourth-order valence-corrected chi connectivity index (χ4v) is 4.23. The van der Waals surface area contributed by atoms with E-state index in [9.17, 15) is 18.8 Å². The van der Waals surface area contributed by atoms with Crippen molar-refractivity contribution in [1.29, 1.82) is 0 Å². The number of fused-ring (bicyclic) bond motifs is 1. The summed E-state index contributed by atoms with van der Waals surface area (Å²) in [6.07, 6.45) is 4.89. The molecular formula is C23H21BrClFN4O3. The van der Waals surface area contributed by atoms with Gasteiger partial charge in [0, 0.05) is 35.3 Å². The van der Waals surface area contributed by atoms with Gasteiger partial charge < -0.3 is 14.8 Å². The van der Waals surface area contributed by atoms with Gasteiger partial charge in [0.1, 0.15) is 17.0 Å². The van der Waals surface area contributed by atoms with Crippen LogP contribution in [0.4, 0.5) is 4.39 Å². The molecule has 1 saturated carbocycles. The first kappa shape index (κ1) is 23.4. The third kappa shape index (κ3) is 5.25. The summed E-state index contributed by atoms with van der Waals surface area (Å²) < 4.78 is 16.3. The van der Waals surface area contributed by atoms with Gasteiger partial charge in [0.2, 0.25) is 11.8 Å². The molecule has 0 aliphatic heterocycles. The lowest BCUT2D eigenvalue weighted by atomic mass is 10.1. The molecule has 10 heteroatoms. The number of hydrogen-bond acceptors (Lipinski definition) is 4. The molecule has 2 amide bonds. The lowest BCUT2D eigenvalue weighted by Gasteiger charge is -2.22. The third-order valence-corrected chi connectivity index (χ3v) is 6.27. The predicted octanol–water partition coefficient (Wildman–Crippen LogP) is 4.10. The number of amides is 2. The molecule has 1 aliphatic carbocycles. The molecule has 0 saturated heterocycles. The Morgan fingerprint density at radius 1 is 1.33 bits per heavy atom. The van der Waals surface area contributed by atoms with E-state index in [0.29, 0.717) is 21.1 Å². The number of aromatic nitrogens is 2. The fourth-order valence-electron chi connectivity index (χ4n) is 3.71. The number of pyridine rings is 1. The van der Waals surface area contributed by atoms with Gasteiger partial charge in [-0.25, -0.2) is 9.37 Å². The van der Waals surface area contributed by atoms with Crippen LogP contribution in [-0.4, -0.2) is 44.6 Å². The average Bonchev–Trinajstić information content (AvgIpc) is 3.55. The molecule has 172 valence electrons. The van der Waals surface area contributed by atoms with Crippen LogP contribution in [0.15, 0.2) is 41.3 Å². The van der Waals surface area contributed by atoms with Gasteiger partial charge in [-0.15, -0.1) is 0 Å². The SMILES string of the molecule is CC(=O)c1cn(CC(=O)N(CC(=O)NCc2cccc(Cl)c2F)C2CC2)c2cnc(Br)cc12. The van der Waals surface area contributed by atoms with Crippen molar-refractivity contribution >= 4 is 56.0 Å². The molecular weight excluding hydrogens is 515 g/mol. The van der Waals surface area contributed by atoms with Crippen LogP contribution in [-0.2, 0) is 22.7 Å². The maximum absolute atomic E-state index is 14.1. The molecule has 33 heavy (non-hydrogen) atoms. The number of halogens is 3. The largest absolute Gasteiger partial charge is 0.350 e. The topological polar surface area (TPSA) is 84.3 Å². The van der Waals surface area contributed by atoms with Crippen LogP contribution in [0.25, 0.3) is 10.9 Å². The summed E-state index contributed by atoms with van der Waals surface area (Å²) in [5.41, 5.74) is 1.43. The third-order valence-electron chi connectivity index (χ3n) is 5.55. The number of nitrogens with one attached hydrogen (secondary N) is 1. The van der Waals surface area contributed by atoms with Gasteiger partial charge in [-0.05, 0) is 47.8 Å². The summed E-state index contributed by atoms with van der Waals surface area (Å²) in [6, 6.07) is 6.33. The van der Waals surface area contributed by atoms with Crippen LogP contribution < -0.4 is 5.32 Å². The Balaban J connectivity index is 1.47. The molecule has 2 heterocycles. The van der Waals surface area contributed by atoms with E-state index in [1.165, 1.54) is 17.9 Å². The van der Waals surface area contributed by atoms with Crippen LogP contribution >= 0.6 is 27.5 Å². The van der Waals surface area contributed by atoms with Gasteiger partial charge in [-0.2, -0.15) is 0 Å². The first-order valence-corrected chi connectivity index (χ1v) is 11.6. The van der Waals surface area contributed by atoms with Gasteiger partial charge in [-0.1, -0.05) is 23.7 Å². The first-order valence-electron chi connectivity index (χ1n) is 10.4. The Labute approximate surface area is 203 Å². The molecule has 3 aromatic rings. The second-order valence-electron chi connectivity index (χ2n) is 7.99. The van der Waals surface area contributed by atoms with E-state index in [1.54, 1.807) is 35.2 Å². The molecule has 1 fully saturated rings. The summed E-state index contributed by atoms with van der Waals surface area (Å²) in [6.45, 7) is 1.29. The Hall–Kier alpha value is -2.78. The smallest absolute Gasteiger partial charge is 0.243 e. The van der Waals surface area contributed by atoms with Crippen molar-refractivity contribution in [3.63, 3.8) is 0 Å². The Morgan fingerprint density at radius 3 is 2.79 bits per heavy atom. The number of ketones is 1. The molecule has 0 unspecified atom stereocenters. The lowest BCUT2D eigenvalue weighted by molar-refractivity contribution is -0.137. The predicted molar refractivity (Wildman–Crippen MR) is 125 cm³/mol. The van der Waals surface area contributed by atoms with Crippen molar-refractivity contribution in [2.75, 3.05) is 6.54 Å². The fraction of sp³-hybridized carbons (Fsp3) is 0.304. The molecule has 7 nitrogen and oxygen atoms in total. The van der Waals surface area contributed by atoms with Gasteiger partial charge in [0.05, 0.1) is 23.3 Å². The van der Waals surface area contributed by atoms with Crippen molar-refractivity contribution in [1.82, 2.24) is 19.8 Å². The van der Waals surface area contributed by atoms with Crippen LogP contribution in [0.1, 0.15) is 35.7 Å². The average molecular weight is 536 g/mol. The summed E-state index contributed by atoms with van der Waals surface area (Å²) >= 11 is 9.09. The second-order valence-corrected chi connectivity index (χ2v) is 9.21. The van der Waals surface area contributed by atoms with Crippen molar-refractivity contribution in [2.45, 2.75) is 38.9 Å². The van der Waals surface area contributed by atoms with Crippen molar-refractivity contribution in [3.05, 3.63) is 63.2 Å². The van der Waals surface area contributed by atoms with Crippen molar-refractivity contribution < 1.29 is 18.8 Å². The number of benzene rings is 1. The van der Waals surface area contributed by atoms with E-state index in [1.807, 2.05) is 0 Å². The molecule has 1 aliphatic rings. The van der Waals surface area contributed by atoms with Crippen LogP contribution in [0.5, 0.6) is 0 Å². The van der Waals surface area contributed by atoms with Crippen molar-refractivity contribution in [3.8, 4) is 0 Å². The summed E-state index contributed by atoms with van der Waals surface area (Å²) in [4.78, 5) is 43.5. The highest BCUT2D eigenvalue weighted by Crippen LogP contribution is 2.28. The zero-order valence-electron chi connectivity index (χ0n) is 17.8. The molecule has 4 rings (SSSR count). The molecule has 0 spiro atoms. The number of carbonyl (C=O) groups is 3. The summed E-state index contributed by atoms with van der Waals surface area (Å²) in [5.74, 6) is -1.31. The van der Waals surface area contributed by atoms with Gasteiger partial charge in [-0.3, -0.25) is 14.4 Å². The van der Waals surface area contributed by atoms with E-state index in [0.717, 1.165) is 12.8 Å². The normalized spacial score (nSPS) is 13.2. The van der Waals surface area contributed by atoms with E-state index in [-0.39, 0.29) is 53.9 Å². The zero-order chi connectivity index (χ0) is 23.7. The maximum atomic E-state index is 14.1. The number of Topliss-reactive ketones (excluding diaryl/α,β-unsaturated/α-hetero) is 1. The van der Waals surface area contributed by atoms with Crippen LogP contribution in [0.2, 0.25) is 5.02 Å². The molecule has 2 aromatic heterocycles. The van der Waals surface area contributed by atoms with Gasteiger partial charge in [0.25, 0.3) is 0 Å². The minimum Gasteiger partial charge on any atom is -0.350 e. The highest BCUT2D eigenvalue weighted by Gasteiger charge is 2.34. The highest BCUT2D eigenvalue weighted by molar-refractivity contribution is 9.10. The van der Waals surface area contributed by atoms with E-state index in [2.05, 4.69) is 26.2 Å². The van der Waals surface area contributed by atoms with E-state index >= 15 is 0 Å².